The number of nitrogens with one attached hydrogen (secondary N) is 3. The summed E-state index contributed by atoms with van der Waals surface area (Å²) < 4.78 is 5.33. The summed E-state index contributed by atoms with van der Waals surface area (Å²) >= 11 is 0. The van der Waals surface area contributed by atoms with E-state index < -0.39 is 0 Å². The Morgan fingerprint density at radius 3 is 2.57 bits per heavy atom. The SMILES string of the molecule is CCNC(=NCCN1CCOCC1)NCCC(=O)NC(C)C.I. The summed E-state index contributed by atoms with van der Waals surface area (Å²) in [5.74, 6) is 0.833. The van der Waals surface area contributed by atoms with Crippen LogP contribution in [0.1, 0.15) is 27.2 Å². The lowest BCUT2D eigenvalue weighted by Crippen LogP contribution is -2.41. The molecule has 3 N–H and O–H groups in total. The van der Waals surface area contributed by atoms with Crippen LogP contribution in [0.2, 0.25) is 0 Å². The summed E-state index contributed by atoms with van der Waals surface area (Å²) in [4.78, 5) is 18.5. The summed E-state index contributed by atoms with van der Waals surface area (Å²) in [7, 11) is 0. The average Bonchev–Trinajstić information content (AvgIpc) is 2.47. The van der Waals surface area contributed by atoms with Crippen LogP contribution >= 0.6 is 24.0 Å². The summed E-state index contributed by atoms with van der Waals surface area (Å²) in [6, 6.07) is 0.183. The van der Waals surface area contributed by atoms with Gasteiger partial charge in [-0.2, -0.15) is 0 Å². The van der Waals surface area contributed by atoms with Crippen LogP contribution in [-0.4, -0.2) is 75.3 Å². The Balaban J connectivity index is 0.00000484. The lowest BCUT2D eigenvalue weighted by molar-refractivity contribution is -0.121. The van der Waals surface area contributed by atoms with Crippen molar-refractivity contribution in [1.82, 2.24) is 20.9 Å². The number of rotatable bonds is 8. The van der Waals surface area contributed by atoms with Crippen LogP contribution < -0.4 is 16.0 Å². The number of morpholine rings is 1. The third-order valence-electron chi connectivity index (χ3n) is 3.23. The van der Waals surface area contributed by atoms with Gasteiger partial charge in [0.2, 0.25) is 5.91 Å². The topological polar surface area (TPSA) is 78.0 Å². The van der Waals surface area contributed by atoms with Crippen molar-refractivity contribution >= 4 is 35.8 Å². The minimum Gasteiger partial charge on any atom is -0.379 e. The second-order valence-corrected chi connectivity index (χ2v) is 5.61. The normalized spacial score (nSPS) is 15.9. The Bertz CT molecular complexity index is 347. The molecule has 0 radical (unpaired) electrons. The van der Waals surface area contributed by atoms with Gasteiger partial charge < -0.3 is 20.7 Å². The van der Waals surface area contributed by atoms with E-state index >= 15 is 0 Å². The summed E-state index contributed by atoms with van der Waals surface area (Å²) in [6.45, 7) is 12.6. The zero-order chi connectivity index (χ0) is 16.2. The molecule has 0 spiro atoms. The van der Waals surface area contributed by atoms with Gasteiger partial charge in [-0.3, -0.25) is 14.7 Å². The molecular weight excluding hydrogens is 409 g/mol. The summed E-state index contributed by atoms with van der Waals surface area (Å²) in [5, 5.41) is 9.27. The zero-order valence-electron chi connectivity index (χ0n) is 14.6. The molecule has 0 aliphatic carbocycles. The first-order valence-corrected chi connectivity index (χ1v) is 8.23. The molecule has 0 bridgehead atoms. The summed E-state index contributed by atoms with van der Waals surface area (Å²) in [6.07, 6.45) is 0.450. The molecule has 1 saturated heterocycles. The van der Waals surface area contributed by atoms with Gasteiger partial charge in [0.15, 0.2) is 5.96 Å². The molecule has 0 unspecified atom stereocenters. The maximum Gasteiger partial charge on any atom is 0.221 e. The first kappa shape index (κ1) is 22.4. The van der Waals surface area contributed by atoms with Crippen molar-refractivity contribution in [2.45, 2.75) is 33.2 Å². The molecule has 1 rings (SSSR count). The third-order valence-corrected chi connectivity index (χ3v) is 3.23. The fraction of sp³-hybridized carbons (Fsp3) is 0.867. The number of carbonyl (C=O) groups is 1. The first-order chi connectivity index (χ1) is 10.6. The number of hydrogen-bond acceptors (Lipinski definition) is 4. The zero-order valence-corrected chi connectivity index (χ0v) is 16.9. The smallest absolute Gasteiger partial charge is 0.221 e. The largest absolute Gasteiger partial charge is 0.379 e. The van der Waals surface area contributed by atoms with Gasteiger partial charge in [-0.1, -0.05) is 0 Å². The van der Waals surface area contributed by atoms with Crippen molar-refractivity contribution in [2.24, 2.45) is 4.99 Å². The van der Waals surface area contributed by atoms with Gasteiger partial charge in [-0.25, -0.2) is 0 Å². The van der Waals surface area contributed by atoms with Crippen LogP contribution in [0, 0.1) is 0 Å². The summed E-state index contributed by atoms with van der Waals surface area (Å²) in [5.41, 5.74) is 0. The molecular formula is C15H32IN5O2. The van der Waals surface area contributed by atoms with Gasteiger partial charge in [0, 0.05) is 45.2 Å². The Morgan fingerprint density at radius 1 is 1.26 bits per heavy atom. The second kappa shape index (κ2) is 13.8. The molecule has 1 heterocycles. The van der Waals surface area contributed by atoms with E-state index in [0.717, 1.165) is 51.9 Å². The van der Waals surface area contributed by atoms with Crippen molar-refractivity contribution in [1.29, 1.82) is 0 Å². The molecule has 0 atom stereocenters. The average molecular weight is 441 g/mol. The van der Waals surface area contributed by atoms with E-state index in [2.05, 4.69) is 25.8 Å². The monoisotopic (exact) mass is 441 g/mol. The third kappa shape index (κ3) is 11.5. The van der Waals surface area contributed by atoms with Gasteiger partial charge in [0.25, 0.3) is 0 Å². The molecule has 7 nitrogen and oxygen atoms in total. The van der Waals surface area contributed by atoms with E-state index in [-0.39, 0.29) is 35.9 Å². The lowest BCUT2D eigenvalue weighted by atomic mass is 10.3. The number of hydrogen-bond donors (Lipinski definition) is 3. The predicted molar refractivity (Wildman–Crippen MR) is 105 cm³/mol. The van der Waals surface area contributed by atoms with Gasteiger partial charge in [-0.05, 0) is 20.8 Å². The Kier molecular flexibility index (Phi) is 13.4. The number of ether oxygens (including phenoxy) is 1. The molecule has 8 heteroatoms. The highest BCUT2D eigenvalue weighted by Crippen LogP contribution is 1.95. The van der Waals surface area contributed by atoms with Crippen molar-refractivity contribution < 1.29 is 9.53 Å². The quantitative estimate of drug-likeness (QED) is 0.289. The number of amides is 1. The molecule has 0 aromatic heterocycles. The van der Waals surface area contributed by atoms with Crippen LogP contribution in [0.25, 0.3) is 0 Å². The predicted octanol–water partition coefficient (Wildman–Crippen LogP) is 0.406. The number of nitrogens with zero attached hydrogens (tertiary/aromatic N) is 2. The fourth-order valence-electron chi connectivity index (χ4n) is 2.16. The minimum atomic E-state index is 0. The highest BCUT2D eigenvalue weighted by atomic mass is 127. The molecule has 0 aromatic rings. The van der Waals surface area contributed by atoms with Gasteiger partial charge in [0.1, 0.15) is 0 Å². The van der Waals surface area contributed by atoms with Gasteiger partial charge >= 0.3 is 0 Å². The van der Waals surface area contributed by atoms with E-state index in [9.17, 15) is 4.79 Å². The Labute approximate surface area is 157 Å². The van der Waals surface area contributed by atoms with E-state index in [1.807, 2.05) is 20.8 Å². The molecule has 0 aromatic carbocycles. The maximum absolute atomic E-state index is 11.6. The van der Waals surface area contributed by atoms with Crippen LogP contribution in [0.4, 0.5) is 0 Å². The number of carbonyl (C=O) groups excluding carboxylic acids is 1. The van der Waals surface area contributed by atoms with Crippen molar-refractivity contribution in [3.05, 3.63) is 0 Å². The van der Waals surface area contributed by atoms with Crippen LogP contribution in [0.15, 0.2) is 4.99 Å². The number of halogens is 1. The molecule has 0 saturated carbocycles. The van der Waals surface area contributed by atoms with E-state index in [1.165, 1.54) is 0 Å². The van der Waals surface area contributed by atoms with Crippen molar-refractivity contribution in [3.63, 3.8) is 0 Å². The van der Waals surface area contributed by atoms with Crippen LogP contribution in [0.3, 0.4) is 0 Å². The highest BCUT2D eigenvalue weighted by molar-refractivity contribution is 14.0. The second-order valence-electron chi connectivity index (χ2n) is 5.61. The molecule has 1 fully saturated rings. The standard InChI is InChI=1S/C15H31N5O2.HI/c1-4-16-15(17-6-5-14(21)19-13(2)3)18-7-8-20-9-11-22-12-10-20;/h13H,4-12H2,1-3H3,(H,19,21)(H2,16,17,18);1H. The first-order valence-electron chi connectivity index (χ1n) is 8.23. The molecule has 1 aliphatic heterocycles. The highest BCUT2D eigenvalue weighted by Gasteiger charge is 2.09. The van der Waals surface area contributed by atoms with E-state index in [1.54, 1.807) is 0 Å². The Hall–Kier alpha value is -0.610. The lowest BCUT2D eigenvalue weighted by Gasteiger charge is -2.25. The minimum absolute atomic E-state index is 0. The molecule has 136 valence electrons. The van der Waals surface area contributed by atoms with Crippen molar-refractivity contribution in [2.75, 3.05) is 52.5 Å². The van der Waals surface area contributed by atoms with Crippen LogP contribution in [-0.2, 0) is 9.53 Å². The number of guanidine groups is 1. The van der Waals surface area contributed by atoms with Gasteiger partial charge in [-0.15, -0.1) is 24.0 Å². The fourth-order valence-corrected chi connectivity index (χ4v) is 2.16. The van der Waals surface area contributed by atoms with Gasteiger partial charge in [0.05, 0.1) is 19.8 Å². The van der Waals surface area contributed by atoms with E-state index in [4.69, 9.17) is 4.74 Å². The molecule has 23 heavy (non-hydrogen) atoms. The molecule has 1 amide bonds. The van der Waals surface area contributed by atoms with Crippen molar-refractivity contribution in [3.8, 4) is 0 Å². The van der Waals surface area contributed by atoms with E-state index in [0.29, 0.717) is 13.0 Å². The van der Waals surface area contributed by atoms with Crippen LogP contribution in [0.5, 0.6) is 0 Å². The maximum atomic E-state index is 11.6. The number of aliphatic imine (C=N–C) groups is 1. The Morgan fingerprint density at radius 2 is 1.96 bits per heavy atom. The molecule has 1 aliphatic rings.